The molecule has 2 N–H and O–H groups in total. The van der Waals surface area contributed by atoms with Gasteiger partial charge >= 0.3 is 5.97 Å². The standard InChI is InChI=1S/C13H14N2O2S/c1-8-3-5-9(6-4-8)7-10-11(12(16)17-2)15-13(18)14-10/h3-6H,7H2,1-2H3,(H2,14,15,18). The summed E-state index contributed by atoms with van der Waals surface area (Å²) in [5.41, 5.74) is 3.45. The van der Waals surface area contributed by atoms with E-state index in [1.165, 1.54) is 12.7 Å². The minimum absolute atomic E-state index is 0.392. The van der Waals surface area contributed by atoms with Gasteiger partial charge in [0.05, 0.1) is 12.8 Å². The number of hydrogen-bond acceptors (Lipinski definition) is 3. The molecule has 5 heteroatoms. The molecule has 0 radical (unpaired) electrons. The minimum atomic E-state index is -0.413. The zero-order chi connectivity index (χ0) is 13.1. The van der Waals surface area contributed by atoms with E-state index in [4.69, 9.17) is 17.0 Å². The summed E-state index contributed by atoms with van der Waals surface area (Å²) in [6.45, 7) is 2.04. The molecule has 0 amide bonds. The number of esters is 1. The Morgan fingerprint density at radius 2 is 1.94 bits per heavy atom. The van der Waals surface area contributed by atoms with Crippen LogP contribution in [0.3, 0.4) is 0 Å². The molecule has 4 nitrogen and oxygen atoms in total. The first-order valence-corrected chi connectivity index (χ1v) is 5.96. The number of carbonyl (C=O) groups excluding carboxylic acids is 1. The summed E-state index contributed by atoms with van der Waals surface area (Å²) in [5.74, 6) is -0.413. The molecule has 0 saturated heterocycles. The van der Waals surface area contributed by atoms with Crippen LogP contribution in [0.15, 0.2) is 24.3 Å². The number of carbonyl (C=O) groups is 1. The second-order valence-corrected chi connectivity index (χ2v) is 4.49. The molecule has 0 unspecified atom stereocenters. The van der Waals surface area contributed by atoms with Crippen molar-refractivity contribution in [3.05, 3.63) is 51.6 Å². The predicted octanol–water partition coefficient (Wildman–Crippen LogP) is 2.76. The quantitative estimate of drug-likeness (QED) is 0.660. The van der Waals surface area contributed by atoms with Gasteiger partial charge in [-0.3, -0.25) is 0 Å². The summed E-state index contributed by atoms with van der Waals surface area (Å²) in [4.78, 5) is 17.4. The molecule has 2 aromatic rings. The fourth-order valence-corrected chi connectivity index (χ4v) is 1.96. The number of H-pyrrole nitrogens is 2. The van der Waals surface area contributed by atoms with Crippen LogP contribution < -0.4 is 0 Å². The Kier molecular flexibility index (Phi) is 3.62. The third-order valence-electron chi connectivity index (χ3n) is 2.70. The molecule has 0 spiro atoms. The number of hydrogen-bond donors (Lipinski definition) is 2. The maximum absolute atomic E-state index is 11.6. The third kappa shape index (κ3) is 2.68. The Hall–Kier alpha value is -1.88. The number of imidazole rings is 1. The van der Waals surface area contributed by atoms with Gasteiger partial charge in [0.2, 0.25) is 0 Å². The van der Waals surface area contributed by atoms with E-state index in [-0.39, 0.29) is 0 Å². The number of benzene rings is 1. The number of aromatic amines is 2. The summed E-state index contributed by atoms with van der Waals surface area (Å²) in [7, 11) is 1.35. The number of rotatable bonds is 3. The van der Waals surface area contributed by atoms with Gasteiger partial charge in [-0.1, -0.05) is 29.8 Å². The second kappa shape index (κ2) is 5.18. The predicted molar refractivity (Wildman–Crippen MR) is 71.3 cm³/mol. The van der Waals surface area contributed by atoms with Gasteiger partial charge < -0.3 is 14.7 Å². The third-order valence-corrected chi connectivity index (χ3v) is 2.90. The second-order valence-electron chi connectivity index (χ2n) is 4.09. The summed E-state index contributed by atoms with van der Waals surface area (Å²) in [6.07, 6.45) is 0.609. The monoisotopic (exact) mass is 262 g/mol. The number of methoxy groups -OCH3 is 1. The molecule has 0 bridgehead atoms. The molecule has 0 aliphatic heterocycles. The minimum Gasteiger partial charge on any atom is -0.464 e. The number of ether oxygens (including phenoxy) is 1. The van der Waals surface area contributed by atoms with Crippen LogP contribution in [0.1, 0.15) is 27.3 Å². The van der Waals surface area contributed by atoms with Crippen molar-refractivity contribution in [2.24, 2.45) is 0 Å². The Morgan fingerprint density at radius 3 is 2.56 bits per heavy atom. The summed E-state index contributed by atoms with van der Waals surface area (Å²) in [5, 5.41) is 0. The summed E-state index contributed by atoms with van der Waals surface area (Å²) >= 11 is 5.01. The van der Waals surface area contributed by atoms with E-state index in [0.29, 0.717) is 16.9 Å². The molecule has 1 heterocycles. The smallest absolute Gasteiger partial charge is 0.356 e. The van der Waals surface area contributed by atoms with Crippen LogP contribution in [0.25, 0.3) is 0 Å². The fourth-order valence-electron chi connectivity index (χ4n) is 1.74. The van der Waals surface area contributed by atoms with Crippen molar-refractivity contribution in [1.29, 1.82) is 0 Å². The van der Waals surface area contributed by atoms with Gasteiger partial charge in [-0.05, 0) is 24.7 Å². The molecule has 2 rings (SSSR count). The summed E-state index contributed by atoms with van der Waals surface area (Å²) in [6, 6.07) is 8.13. The lowest BCUT2D eigenvalue weighted by Gasteiger charge is -2.03. The van der Waals surface area contributed by atoms with Gasteiger partial charge in [0.15, 0.2) is 4.77 Å². The lowest BCUT2D eigenvalue weighted by atomic mass is 10.1. The molecule has 0 atom stereocenters. The molecule has 1 aromatic heterocycles. The molecule has 0 aliphatic carbocycles. The highest BCUT2D eigenvalue weighted by Crippen LogP contribution is 2.13. The van der Waals surface area contributed by atoms with Crippen LogP contribution in [0.2, 0.25) is 0 Å². The van der Waals surface area contributed by atoms with E-state index in [9.17, 15) is 4.79 Å². The van der Waals surface area contributed by atoms with Crippen molar-refractivity contribution in [1.82, 2.24) is 9.97 Å². The number of aromatic nitrogens is 2. The maximum Gasteiger partial charge on any atom is 0.356 e. The van der Waals surface area contributed by atoms with Gasteiger partial charge in [-0.15, -0.1) is 0 Å². The Balaban J connectivity index is 2.31. The SMILES string of the molecule is COC(=O)c1[nH]c(=S)[nH]c1Cc1ccc(C)cc1. The van der Waals surface area contributed by atoms with E-state index < -0.39 is 5.97 Å². The highest BCUT2D eigenvalue weighted by Gasteiger charge is 2.14. The van der Waals surface area contributed by atoms with E-state index in [2.05, 4.69) is 9.97 Å². The van der Waals surface area contributed by atoms with E-state index >= 15 is 0 Å². The van der Waals surface area contributed by atoms with Crippen molar-refractivity contribution in [2.75, 3.05) is 7.11 Å². The van der Waals surface area contributed by atoms with Crippen LogP contribution in [0.4, 0.5) is 0 Å². The lowest BCUT2D eigenvalue weighted by molar-refractivity contribution is 0.0593. The average Bonchev–Trinajstić information content (AvgIpc) is 2.72. The average molecular weight is 262 g/mol. The maximum atomic E-state index is 11.6. The Morgan fingerprint density at radius 1 is 1.28 bits per heavy atom. The van der Waals surface area contributed by atoms with Crippen molar-refractivity contribution in [3.8, 4) is 0 Å². The molecule has 0 saturated carbocycles. The van der Waals surface area contributed by atoms with E-state index in [1.54, 1.807) is 0 Å². The highest BCUT2D eigenvalue weighted by atomic mass is 32.1. The zero-order valence-corrected chi connectivity index (χ0v) is 11.1. The van der Waals surface area contributed by atoms with E-state index in [1.807, 2.05) is 31.2 Å². The fraction of sp³-hybridized carbons (Fsp3) is 0.231. The van der Waals surface area contributed by atoms with Gasteiger partial charge in [0.1, 0.15) is 5.69 Å². The molecular formula is C13H14N2O2S. The Bertz CT molecular complexity index is 611. The number of aryl methyl sites for hydroxylation is 1. The molecule has 0 fully saturated rings. The first-order valence-electron chi connectivity index (χ1n) is 5.55. The van der Waals surface area contributed by atoms with Gasteiger partial charge in [0.25, 0.3) is 0 Å². The van der Waals surface area contributed by atoms with Crippen molar-refractivity contribution >= 4 is 18.2 Å². The van der Waals surface area contributed by atoms with Crippen molar-refractivity contribution in [3.63, 3.8) is 0 Å². The van der Waals surface area contributed by atoms with Gasteiger partial charge in [0, 0.05) is 6.42 Å². The van der Waals surface area contributed by atoms with Crippen LogP contribution in [-0.4, -0.2) is 23.0 Å². The highest BCUT2D eigenvalue weighted by molar-refractivity contribution is 7.71. The lowest BCUT2D eigenvalue weighted by Crippen LogP contribution is -2.06. The molecule has 0 aliphatic rings. The number of nitrogens with one attached hydrogen (secondary N) is 2. The molecule has 18 heavy (non-hydrogen) atoms. The van der Waals surface area contributed by atoms with Gasteiger partial charge in [-0.2, -0.15) is 0 Å². The molecule has 1 aromatic carbocycles. The van der Waals surface area contributed by atoms with Gasteiger partial charge in [-0.25, -0.2) is 4.79 Å². The van der Waals surface area contributed by atoms with Crippen LogP contribution >= 0.6 is 12.2 Å². The van der Waals surface area contributed by atoms with Crippen LogP contribution in [-0.2, 0) is 11.2 Å². The van der Waals surface area contributed by atoms with Crippen molar-refractivity contribution in [2.45, 2.75) is 13.3 Å². The normalized spacial score (nSPS) is 10.3. The molecular weight excluding hydrogens is 248 g/mol. The topological polar surface area (TPSA) is 57.9 Å². The first-order chi connectivity index (χ1) is 8.60. The van der Waals surface area contributed by atoms with Crippen molar-refractivity contribution < 1.29 is 9.53 Å². The van der Waals surface area contributed by atoms with Crippen LogP contribution in [0, 0.1) is 11.7 Å². The Labute approximate surface area is 110 Å². The first kappa shape index (κ1) is 12.6. The van der Waals surface area contributed by atoms with Crippen LogP contribution in [0.5, 0.6) is 0 Å². The zero-order valence-electron chi connectivity index (χ0n) is 10.2. The summed E-state index contributed by atoms with van der Waals surface area (Å²) < 4.78 is 5.14. The largest absolute Gasteiger partial charge is 0.464 e. The van der Waals surface area contributed by atoms with E-state index in [0.717, 1.165) is 11.3 Å². The molecule has 94 valence electrons.